The highest BCUT2D eigenvalue weighted by Crippen LogP contribution is 2.28. The molecule has 0 spiro atoms. The van der Waals surface area contributed by atoms with Crippen LogP contribution in [0.4, 0.5) is 0 Å². The summed E-state index contributed by atoms with van der Waals surface area (Å²) >= 11 is 3.73. The Morgan fingerprint density at radius 3 is 2.90 bits per heavy atom. The minimum absolute atomic E-state index is 0.357. The van der Waals surface area contributed by atoms with Crippen molar-refractivity contribution in [2.45, 2.75) is 45.6 Å². The first-order valence-electron chi connectivity index (χ1n) is 7.79. The van der Waals surface area contributed by atoms with Gasteiger partial charge >= 0.3 is 0 Å². The third kappa shape index (κ3) is 2.92. The largest absolute Gasteiger partial charge is 0.310 e. The van der Waals surface area contributed by atoms with Crippen LogP contribution >= 0.6 is 15.9 Å². The lowest BCUT2D eigenvalue weighted by molar-refractivity contribution is 0.596. The zero-order chi connectivity index (χ0) is 14.8. The fourth-order valence-electron chi connectivity index (χ4n) is 3.12. The molecule has 1 aliphatic carbocycles. The van der Waals surface area contributed by atoms with Crippen molar-refractivity contribution in [1.29, 1.82) is 0 Å². The highest BCUT2D eigenvalue weighted by Gasteiger charge is 2.17. The van der Waals surface area contributed by atoms with Crippen LogP contribution in [0.3, 0.4) is 0 Å². The maximum absolute atomic E-state index is 4.59. The number of aromatic nitrogens is 2. The Kier molecular flexibility index (Phi) is 4.45. The van der Waals surface area contributed by atoms with Gasteiger partial charge < -0.3 is 9.88 Å². The summed E-state index contributed by atoms with van der Waals surface area (Å²) in [7, 11) is 0. The van der Waals surface area contributed by atoms with E-state index in [1.165, 1.54) is 35.5 Å². The molecule has 1 heterocycles. The molecule has 3 nitrogen and oxygen atoms in total. The molecule has 1 aromatic carbocycles. The van der Waals surface area contributed by atoms with E-state index in [-0.39, 0.29) is 0 Å². The van der Waals surface area contributed by atoms with E-state index in [0.29, 0.717) is 6.04 Å². The molecule has 3 rings (SSSR count). The second-order valence-electron chi connectivity index (χ2n) is 5.70. The topological polar surface area (TPSA) is 29.9 Å². The van der Waals surface area contributed by atoms with Gasteiger partial charge in [-0.1, -0.05) is 28.9 Å². The number of imidazole rings is 1. The molecule has 21 heavy (non-hydrogen) atoms. The molecule has 0 saturated heterocycles. The number of hydrogen-bond acceptors (Lipinski definition) is 2. The van der Waals surface area contributed by atoms with Gasteiger partial charge in [-0.3, -0.25) is 0 Å². The van der Waals surface area contributed by atoms with E-state index < -0.39 is 0 Å². The fourth-order valence-corrected chi connectivity index (χ4v) is 3.83. The van der Waals surface area contributed by atoms with Gasteiger partial charge in [0.15, 0.2) is 0 Å². The average molecular weight is 348 g/mol. The summed E-state index contributed by atoms with van der Waals surface area (Å²) in [5, 5.41) is 3.46. The van der Waals surface area contributed by atoms with Gasteiger partial charge in [0, 0.05) is 21.9 Å². The first-order chi connectivity index (χ1) is 10.2. The van der Waals surface area contributed by atoms with Gasteiger partial charge in [-0.2, -0.15) is 0 Å². The van der Waals surface area contributed by atoms with Crippen LogP contribution in [0.15, 0.2) is 29.0 Å². The molecule has 0 saturated carbocycles. The van der Waals surface area contributed by atoms with E-state index >= 15 is 0 Å². The minimum Gasteiger partial charge on any atom is -0.310 e. The first kappa shape index (κ1) is 14.8. The van der Waals surface area contributed by atoms with Crippen LogP contribution in [-0.4, -0.2) is 16.1 Å². The van der Waals surface area contributed by atoms with Crippen molar-refractivity contribution in [2.24, 2.45) is 0 Å². The first-order valence-corrected chi connectivity index (χ1v) is 8.58. The Hall–Kier alpha value is -1.13. The number of benzene rings is 1. The molecule has 0 aliphatic heterocycles. The number of halogens is 1. The average Bonchev–Trinajstić information content (AvgIpc) is 2.91. The summed E-state index contributed by atoms with van der Waals surface area (Å²) in [4.78, 5) is 4.59. The molecule has 1 atom stereocenters. The molecule has 2 aromatic rings. The number of hydrogen-bond donors (Lipinski definition) is 1. The zero-order valence-electron chi connectivity index (χ0n) is 12.7. The second-order valence-corrected chi connectivity index (χ2v) is 6.55. The molecule has 1 aromatic heterocycles. The molecule has 4 heteroatoms. The van der Waals surface area contributed by atoms with Crippen LogP contribution in [-0.2, 0) is 12.8 Å². The summed E-state index contributed by atoms with van der Waals surface area (Å²) < 4.78 is 3.41. The Morgan fingerprint density at radius 2 is 2.14 bits per heavy atom. The van der Waals surface area contributed by atoms with Crippen LogP contribution in [0.25, 0.3) is 5.69 Å². The molecule has 1 aliphatic rings. The minimum atomic E-state index is 0.357. The van der Waals surface area contributed by atoms with Gasteiger partial charge in [-0.15, -0.1) is 0 Å². The van der Waals surface area contributed by atoms with Gasteiger partial charge in [-0.05, 0) is 56.8 Å². The van der Waals surface area contributed by atoms with Crippen molar-refractivity contribution in [1.82, 2.24) is 14.9 Å². The van der Waals surface area contributed by atoms with Gasteiger partial charge in [-0.25, -0.2) is 4.98 Å². The van der Waals surface area contributed by atoms with Crippen LogP contribution in [0.1, 0.15) is 49.7 Å². The van der Waals surface area contributed by atoms with Crippen LogP contribution in [0.5, 0.6) is 0 Å². The Morgan fingerprint density at radius 1 is 1.33 bits per heavy atom. The molecule has 0 amide bonds. The monoisotopic (exact) mass is 347 g/mol. The highest BCUT2D eigenvalue weighted by atomic mass is 79.9. The molecule has 0 bridgehead atoms. The molecule has 112 valence electrons. The van der Waals surface area contributed by atoms with Crippen molar-refractivity contribution >= 4 is 15.9 Å². The zero-order valence-corrected chi connectivity index (χ0v) is 14.3. The van der Waals surface area contributed by atoms with E-state index in [4.69, 9.17) is 0 Å². The number of nitrogens with one attached hydrogen (secondary N) is 1. The van der Waals surface area contributed by atoms with Gasteiger partial charge in [0.1, 0.15) is 0 Å². The Balaban J connectivity index is 1.93. The summed E-state index contributed by atoms with van der Waals surface area (Å²) in [6.45, 7) is 5.31. The SMILES string of the molecule is CCNC(C)c1ccc(-n2cnc3c2CCCC3)cc1Br. The smallest absolute Gasteiger partial charge is 0.0997 e. The third-order valence-corrected chi connectivity index (χ3v) is 4.96. The predicted molar refractivity (Wildman–Crippen MR) is 90.0 cm³/mol. The fraction of sp³-hybridized carbons (Fsp3) is 0.471. The maximum Gasteiger partial charge on any atom is 0.0997 e. The number of fused-ring (bicyclic) bond motifs is 1. The molecule has 1 unspecified atom stereocenters. The van der Waals surface area contributed by atoms with E-state index in [9.17, 15) is 0 Å². The number of aryl methyl sites for hydroxylation is 1. The van der Waals surface area contributed by atoms with E-state index in [1.807, 2.05) is 6.33 Å². The second kappa shape index (κ2) is 6.32. The number of nitrogens with zero attached hydrogens (tertiary/aromatic N) is 2. The summed E-state index contributed by atoms with van der Waals surface area (Å²) in [6, 6.07) is 6.97. The lowest BCUT2D eigenvalue weighted by atomic mass is 10.0. The molecular formula is C17H22BrN3. The van der Waals surface area contributed by atoms with Crippen molar-refractivity contribution in [3.05, 3.63) is 46.0 Å². The molecule has 1 N–H and O–H groups in total. The van der Waals surface area contributed by atoms with Gasteiger partial charge in [0.2, 0.25) is 0 Å². The summed E-state index contributed by atoms with van der Waals surface area (Å²) in [5.74, 6) is 0. The summed E-state index contributed by atoms with van der Waals surface area (Å²) in [6.07, 6.45) is 6.79. The van der Waals surface area contributed by atoms with Crippen LogP contribution in [0, 0.1) is 0 Å². The Labute approximate surface area is 134 Å². The maximum atomic E-state index is 4.59. The standard InChI is InChI=1S/C17H22BrN3/c1-3-19-12(2)14-9-8-13(10-15(14)18)21-11-20-16-6-4-5-7-17(16)21/h8-12,19H,3-7H2,1-2H3. The van der Waals surface area contributed by atoms with Crippen molar-refractivity contribution in [3.63, 3.8) is 0 Å². The van der Waals surface area contributed by atoms with Crippen molar-refractivity contribution in [2.75, 3.05) is 6.54 Å². The lowest BCUT2D eigenvalue weighted by Gasteiger charge is -2.17. The van der Waals surface area contributed by atoms with E-state index in [2.05, 4.69) is 62.8 Å². The molecular weight excluding hydrogens is 326 g/mol. The highest BCUT2D eigenvalue weighted by molar-refractivity contribution is 9.10. The van der Waals surface area contributed by atoms with Gasteiger partial charge in [0.25, 0.3) is 0 Å². The normalized spacial score (nSPS) is 15.8. The molecule has 0 fully saturated rings. The van der Waals surface area contributed by atoms with Crippen molar-refractivity contribution in [3.8, 4) is 5.69 Å². The van der Waals surface area contributed by atoms with Crippen LogP contribution < -0.4 is 5.32 Å². The Bertz CT molecular complexity index is 633. The quantitative estimate of drug-likeness (QED) is 0.898. The lowest BCUT2D eigenvalue weighted by Crippen LogP contribution is -2.18. The van der Waals surface area contributed by atoms with Crippen molar-refractivity contribution < 1.29 is 0 Å². The number of rotatable bonds is 4. The predicted octanol–water partition coefficient (Wildman–Crippen LogP) is 4.18. The van der Waals surface area contributed by atoms with Crippen LogP contribution in [0.2, 0.25) is 0 Å². The molecule has 0 radical (unpaired) electrons. The summed E-state index contributed by atoms with van der Waals surface area (Å²) in [5.41, 5.74) is 5.17. The van der Waals surface area contributed by atoms with E-state index in [0.717, 1.165) is 23.9 Å². The van der Waals surface area contributed by atoms with E-state index in [1.54, 1.807) is 0 Å². The third-order valence-electron chi connectivity index (χ3n) is 4.27. The van der Waals surface area contributed by atoms with Gasteiger partial charge in [0.05, 0.1) is 12.0 Å².